The first kappa shape index (κ1) is 14.0. The van der Waals surface area contributed by atoms with Gasteiger partial charge in [0.15, 0.2) is 0 Å². The highest BCUT2D eigenvalue weighted by Crippen LogP contribution is 2.18. The Hall–Kier alpha value is -1.46. The van der Waals surface area contributed by atoms with E-state index in [1.807, 2.05) is 12.1 Å². The number of nitrogens with zero attached hydrogens (tertiary/aromatic N) is 2. The molecule has 0 radical (unpaired) electrons. The maximum Gasteiger partial charge on any atom is 0.272 e. The monoisotopic (exact) mass is 263 g/mol. The minimum absolute atomic E-state index is 0.227. The van der Waals surface area contributed by atoms with Crippen molar-refractivity contribution in [2.45, 2.75) is 12.8 Å². The summed E-state index contributed by atoms with van der Waals surface area (Å²) >= 11 is 0. The lowest BCUT2D eigenvalue weighted by molar-refractivity contribution is -0.385. The van der Waals surface area contributed by atoms with Crippen molar-refractivity contribution in [3.8, 4) is 0 Å². The molecule has 1 aliphatic rings. The second-order valence-electron chi connectivity index (χ2n) is 5.26. The SMILES string of the molecule is CN1CCC(CNCCc2ccccc2[N+](=O)[O-])C1. The van der Waals surface area contributed by atoms with Gasteiger partial charge in [0.2, 0.25) is 0 Å². The van der Waals surface area contributed by atoms with Gasteiger partial charge in [-0.2, -0.15) is 0 Å². The number of benzene rings is 1. The van der Waals surface area contributed by atoms with Gasteiger partial charge in [-0.3, -0.25) is 10.1 Å². The largest absolute Gasteiger partial charge is 0.316 e. The van der Waals surface area contributed by atoms with Crippen LogP contribution in [0.1, 0.15) is 12.0 Å². The van der Waals surface area contributed by atoms with E-state index in [0.29, 0.717) is 6.42 Å². The van der Waals surface area contributed by atoms with Crippen LogP contribution < -0.4 is 5.32 Å². The zero-order chi connectivity index (χ0) is 13.7. The van der Waals surface area contributed by atoms with Gasteiger partial charge in [-0.05, 0) is 45.4 Å². The van der Waals surface area contributed by atoms with E-state index in [1.165, 1.54) is 13.0 Å². The van der Waals surface area contributed by atoms with Gasteiger partial charge in [0.25, 0.3) is 5.69 Å². The molecule has 0 amide bonds. The summed E-state index contributed by atoms with van der Waals surface area (Å²) in [6, 6.07) is 6.97. The molecule has 104 valence electrons. The van der Waals surface area contributed by atoms with Crippen LogP contribution >= 0.6 is 0 Å². The third-order valence-corrected chi connectivity index (χ3v) is 3.68. The Balaban J connectivity index is 1.75. The zero-order valence-electron chi connectivity index (χ0n) is 11.3. The van der Waals surface area contributed by atoms with Crippen molar-refractivity contribution in [2.24, 2.45) is 5.92 Å². The quantitative estimate of drug-likeness (QED) is 0.482. The Bertz CT molecular complexity index is 436. The van der Waals surface area contributed by atoms with Crippen LogP contribution in [0.5, 0.6) is 0 Å². The molecule has 1 aliphatic heterocycles. The van der Waals surface area contributed by atoms with Gasteiger partial charge < -0.3 is 10.2 Å². The molecular formula is C14H21N3O2. The van der Waals surface area contributed by atoms with Gasteiger partial charge in [0, 0.05) is 18.2 Å². The predicted octanol–water partition coefficient (Wildman–Crippen LogP) is 1.68. The van der Waals surface area contributed by atoms with Crippen molar-refractivity contribution in [3.63, 3.8) is 0 Å². The molecule has 1 heterocycles. The summed E-state index contributed by atoms with van der Waals surface area (Å²) in [5.74, 6) is 0.718. The van der Waals surface area contributed by atoms with E-state index >= 15 is 0 Å². The third kappa shape index (κ3) is 4.01. The molecule has 1 N–H and O–H groups in total. The van der Waals surface area contributed by atoms with Crippen LogP contribution in [0.4, 0.5) is 5.69 Å². The molecule has 1 aromatic rings. The smallest absolute Gasteiger partial charge is 0.272 e. The Morgan fingerprint density at radius 3 is 2.95 bits per heavy atom. The molecular weight excluding hydrogens is 242 g/mol. The van der Waals surface area contributed by atoms with Crippen LogP contribution in [0.15, 0.2) is 24.3 Å². The van der Waals surface area contributed by atoms with Crippen LogP contribution in [0, 0.1) is 16.0 Å². The van der Waals surface area contributed by atoms with E-state index in [0.717, 1.165) is 31.1 Å². The van der Waals surface area contributed by atoms with Crippen molar-refractivity contribution in [3.05, 3.63) is 39.9 Å². The molecule has 19 heavy (non-hydrogen) atoms. The van der Waals surface area contributed by atoms with E-state index in [-0.39, 0.29) is 10.6 Å². The lowest BCUT2D eigenvalue weighted by Crippen LogP contribution is -2.26. The normalized spacial score (nSPS) is 19.7. The topological polar surface area (TPSA) is 58.4 Å². The van der Waals surface area contributed by atoms with Gasteiger partial charge in [-0.25, -0.2) is 0 Å². The molecule has 0 aliphatic carbocycles. The summed E-state index contributed by atoms with van der Waals surface area (Å²) in [6.45, 7) is 4.13. The summed E-state index contributed by atoms with van der Waals surface area (Å²) in [5.41, 5.74) is 1.04. The minimum Gasteiger partial charge on any atom is -0.316 e. The number of likely N-dealkylation sites (tertiary alicyclic amines) is 1. The Morgan fingerprint density at radius 1 is 1.47 bits per heavy atom. The van der Waals surface area contributed by atoms with E-state index < -0.39 is 0 Å². The van der Waals surface area contributed by atoms with Crippen molar-refractivity contribution in [2.75, 3.05) is 33.2 Å². The number of rotatable bonds is 6. The van der Waals surface area contributed by atoms with Crippen LogP contribution in [-0.4, -0.2) is 43.0 Å². The number of para-hydroxylation sites is 1. The van der Waals surface area contributed by atoms with E-state index in [2.05, 4.69) is 17.3 Å². The van der Waals surface area contributed by atoms with Gasteiger partial charge in [0.1, 0.15) is 0 Å². The van der Waals surface area contributed by atoms with Gasteiger partial charge in [-0.1, -0.05) is 18.2 Å². The van der Waals surface area contributed by atoms with Crippen molar-refractivity contribution in [1.82, 2.24) is 10.2 Å². The fourth-order valence-electron chi connectivity index (χ4n) is 2.62. The molecule has 5 nitrogen and oxygen atoms in total. The van der Waals surface area contributed by atoms with E-state index in [1.54, 1.807) is 12.1 Å². The summed E-state index contributed by atoms with van der Waals surface area (Å²) in [4.78, 5) is 12.9. The highest BCUT2D eigenvalue weighted by atomic mass is 16.6. The van der Waals surface area contributed by atoms with Crippen LogP contribution in [0.2, 0.25) is 0 Å². The van der Waals surface area contributed by atoms with E-state index in [4.69, 9.17) is 0 Å². The average Bonchev–Trinajstić information content (AvgIpc) is 2.81. The number of hydrogen-bond donors (Lipinski definition) is 1. The fraction of sp³-hybridized carbons (Fsp3) is 0.571. The Morgan fingerprint density at radius 2 is 2.26 bits per heavy atom. The predicted molar refractivity (Wildman–Crippen MR) is 75.3 cm³/mol. The van der Waals surface area contributed by atoms with Crippen LogP contribution in [0.3, 0.4) is 0 Å². The standard InChI is InChI=1S/C14H21N3O2/c1-16-9-7-12(11-16)10-15-8-6-13-4-2-3-5-14(13)17(18)19/h2-5,12,15H,6-11H2,1H3. The minimum atomic E-state index is -0.304. The second-order valence-corrected chi connectivity index (χ2v) is 5.26. The second kappa shape index (κ2) is 6.63. The number of nitro benzene ring substituents is 1. The summed E-state index contributed by atoms with van der Waals surface area (Å²) < 4.78 is 0. The first-order chi connectivity index (χ1) is 9.16. The van der Waals surface area contributed by atoms with E-state index in [9.17, 15) is 10.1 Å². The molecule has 2 rings (SSSR count). The number of nitro groups is 1. The third-order valence-electron chi connectivity index (χ3n) is 3.68. The molecule has 1 unspecified atom stereocenters. The molecule has 5 heteroatoms. The number of hydrogen-bond acceptors (Lipinski definition) is 4. The summed E-state index contributed by atoms with van der Waals surface area (Å²) in [6.07, 6.45) is 1.95. The highest BCUT2D eigenvalue weighted by molar-refractivity contribution is 5.39. The molecule has 1 saturated heterocycles. The molecule has 0 bridgehead atoms. The number of nitrogens with one attached hydrogen (secondary N) is 1. The van der Waals surface area contributed by atoms with Crippen LogP contribution in [0.25, 0.3) is 0 Å². The molecule has 1 fully saturated rings. The summed E-state index contributed by atoms with van der Waals surface area (Å²) in [7, 11) is 2.15. The maximum absolute atomic E-state index is 10.9. The highest BCUT2D eigenvalue weighted by Gasteiger charge is 2.18. The first-order valence-electron chi connectivity index (χ1n) is 6.78. The molecule has 1 aromatic carbocycles. The molecule has 1 atom stereocenters. The van der Waals surface area contributed by atoms with Crippen molar-refractivity contribution < 1.29 is 4.92 Å². The maximum atomic E-state index is 10.9. The lowest BCUT2D eigenvalue weighted by atomic mass is 10.1. The molecule has 0 spiro atoms. The first-order valence-corrected chi connectivity index (χ1v) is 6.78. The Kier molecular flexibility index (Phi) is 4.87. The van der Waals surface area contributed by atoms with Crippen molar-refractivity contribution in [1.29, 1.82) is 0 Å². The Labute approximate surface area is 113 Å². The fourth-order valence-corrected chi connectivity index (χ4v) is 2.62. The van der Waals surface area contributed by atoms with Crippen LogP contribution in [-0.2, 0) is 6.42 Å². The lowest BCUT2D eigenvalue weighted by Gasteiger charge is -2.11. The zero-order valence-corrected chi connectivity index (χ0v) is 11.3. The van der Waals surface area contributed by atoms with Gasteiger partial charge in [-0.15, -0.1) is 0 Å². The van der Waals surface area contributed by atoms with Crippen molar-refractivity contribution >= 4 is 5.69 Å². The molecule has 0 aromatic heterocycles. The van der Waals surface area contributed by atoms with Gasteiger partial charge in [0.05, 0.1) is 4.92 Å². The average molecular weight is 263 g/mol. The van der Waals surface area contributed by atoms with Gasteiger partial charge >= 0.3 is 0 Å². The summed E-state index contributed by atoms with van der Waals surface area (Å²) in [5, 5.41) is 14.3. The molecule has 0 saturated carbocycles.